The molecule has 0 aromatic heterocycles. The van der Waals surface area contributed by atoms with Gasteiger partial charge in [0.2, 0.25) is 0 Å². The Morgan fingerprint density at radius 2 is 2.21 bits per heavy atom. The Labute approximate surface area is 93.2 Å². The number of hydrogen-bond donors (Lipinski definition) is 2. The lowest BCUT2D eigenvalue weighted by Gasteiger charge is -2.27. The molecule has 1 aliphatic heterocycles. The SMILES string of the molecule is Cl.N[C@@H]1COc2ccc(Cl)cc2[C@@H]1O. The molecule has 1 aliphatic rings. The first-order valence-corrected chi connectivity index (χ1v) is 4.42. The third-order valence-corrected chi connectivity index (χ3v) is 2.36. The van der Waals surface area contributed by atoms with Gasteiger partial charge in [-0.2, -0.15) is 0 Å². The zero-order valence-electron chi connectivity index (χ0n) is 7.31. The van der Waals surface area contributed by atoms with Crippen molar-refractivity contribution in [3.05, 3.63) is 28.8 Å². The Morgan fingerprint density at radius 1 is 1.50 bits per heavy atom. The second-order valence-electron chi connectivity index (χ2n) is 3.10. The van der Waals surface area contributed by atoms with Crippen molar-refractivity contribution < 1.29 is 9.84 Å². The van der Waals surface area contributed by atoms with Crippen LogP contribution in [0.15, 0.2) is 18.2 Å². The van der Waals surface area contributed by atoms with Crippen molar-refractivity contribution in [1.29, 1.82) is 0 Å². The number of aliphatic hydroxyl groups is 1. The lowest BCUT2D eigenvalue weighted by Crippen LogP contribution is -2.38. The van der Waals surface area contributed by atoms with Crippen LogP contribution in [-0.2, 0) is 0 Å². The standard InChI is InChI=1S/C9H10ClNO2.ClH/c10-5-1-2-8-6(3-5)9(12)7(11)4-13-8;/h1-3,7,9,12H,4,11H2;1H/t7-,9+;/m1./s1. The quantitative estimate of drug-likeness (QED) is 0.717. The van der Waals surface area contributed by atoms with Crippen LogP contribution < -0.4 is 10.5 Å². The van der Waals surface area contributed by atoms with E-state index in [9.17, 15) is 5.11 Å². The Balaban J connectivity index is 0.000000980. The van der Waals surface area contributed by atoms with Gasteiger partial charge in [-0.3, -0.25) is 0 Å². The number of rotatable bonds is 0. The first kappa shape index (κ1) is 11.6. The molecule has 0 radical (unpaired) electrons. The molecule has 0 fully saturated rings. The summed E-state index contributed by atoms with van der Waals surface area (Å²) in [5.41, 5.74) is 6.30. The molecule has 1 aromatic carbocycles. The maximum Gasteiger partial charge on any atom is 0.125 e. The van der Waals surface area contributed by atoms with Crippen molar-refractivity contribution in [2.75, 3.05) is 6.61 Å². The Hall–Kier alpha value is -0.480. The van der Waals surface area contributed by atoms with Crippen LogP contribution in [0.1, 0.15) is 11.7 Å². The fourth-order valence-corrected chi connectivity index (χ4v) is 1.57. The third-order valence-electron chi connectivity index (χ3n) is 2.13. The van der Waals surface area contributed by atoms with Crippen LogP contribution in [0.5, 0.6) is 5.75 Å². The van der Waals surface area contributed by atoms with E-state index in [1.54, 1.807) is 18.2 Å². The highest BCUT2D eigenvalue weighted by Crippen LogP contribution is 2.33. The summed E-state index contributed by atoms with van der Waals surface area (Å²) in [5, 5.41) is 10.3. The van der Waals surface area contributed by atoms with Gasteiger partial charge in [0.15, 0.2) is 0 Å². The summed E-state index contributed by atoms with van der Waals surface area (Å²) in [7, 11) is 0. The lowest BCUT2D eigenvalue weighted by atomic mass is 10.00. The summed E-state index contributed by atoms with van der Waals surface area (Å²) < 4.78 is 5.32. The fraction of sp³-hybridized carbons (Fsp3) is 0.333. The summed E-state index contributed by atoms with van der Waals surface area (Å²) in [6, 6.07) is 4.78. The van der Waals surface area contributed by atoms with E-state index in [2.05, 4.69) is 0 Å². The molecule has 2 rings (SSSR count). The first-order valence-electron chi connectivity index (χ1n) is 4.04. The molecule has 5 heteroatoms. The summed E-state index contributed by atoms with van der Waals surface area (Å²) in [4.78, 5) is 0. The van der Waals surface area contributed by atoms with Crippen LogP contribution in [0.2, 0.25) is 5.02 Å². The highest BCUT2D eigenvalue weighted by atomic mass is 35.5. The molecule has 3 nitrogen and oxygen atoms in total. The van der Waals surface area contributed by atoms with Gasteiger partial charge in [-0.15, -0.1) is 12.4 Å². The molecule has 3 N–H and O–H groups in total. The molecule has 0 unspecified atom stereocenters. The van der Waals surface area contributed by atoms with E-state index >= 15 is 0 Å². The topological polar surface area (TPSA) is 55.5 Å². The average molecular weight is 236 g/mol. The van der Waals surface area contributed by atoms with Crippen LogP contribution >= 0.6 is 24.0 Å². The van der Waals surface area contributed by atoms with Crippen LogP contribution in [0.3, 0.4) is 0 Å². The molecule has 14 heavy (non-hydrogen) atoms. The predicted molar refractivity (Wildman–Crippen MR) is 57.1 cm³/mol. The van der Waals surface area contributed by atoms with Gasteiger partial charge in [0.1, 0.15) is 18.5 Å². The van der Waals surface area contributed by atoms with Crippen LogP contribution in [0, 0.1) is 0 Å². The van der Waals surface area contributed by atoms with Crippen molar-refractivity contribution in [1.82, 2.24) is 0 Å². The van der Waals surface area contributed by atoms with Crippen molar-refractivity contribution >= 4 is 24.0 Å². The lowest BCUT2D eigenvalue weighted by molar-refractivity contribution is 0.0916. The number of ether oxygens (including phenoxy) is 1. The molecule has 1 heterocycles. The average Bonchev–Trinajstić information content (AvgIpc) is 2.12. The third kappa shape index (κ3) is 1.96. The molecule has 0 bridgehead atoms. The van der Waals surface area contributed by atoms with E-state index in [0.29, 0.717) is 22.9 Å². The Morgan fingerprint density at radius 3 is 2.93 bits per heavy atom. The zero-order valence-corrected chi connectivity index (χ0v) is 8.89. The zero-order chi connectivity index (χ0) is 9.42. The fourth-order valence-electron chi connectivity index (χ4n) is 1.39. The van der Waals surface area contributed by atoms with Gasteiger partial charge in [0.25, 0.3) is 0 Å². The summed E-state index contributed by atoms with van der Waals surface area (Å²) >= 11 is 5.78. The number of halogens is 2. The minimum absolute atomic E-state index is 0. The number of hydrogen-bond acceptors (Lipinski definition) is 3. The van der Waals surface area contributed by atoms with Gasteiger partial charge in [-0.25, -0.2) is 0 Å². The first-order chi connectivity index (χ1) is 6.18. The molecule has 78 valence electrons. The highest BCUT2D eigenvalue weighted by Gasteiger charge is 2.26. The van der Waals surface area contributed by atoms with Crippen molar-refractivity contribution in [3.63, 3.8) is 0 Å². The van der Waals surface area contributed by atoms with Crippen LogP contribution in [0.25, 0.3) is 0 Å². The van der Waals surface area contributed by atoms with Gasteiger partial charge in [-0.05, 0) is 18.2 Å². The monoisotopic (exact) mass is 235 g/mol. The summed E-state index contributed by atoms with van der Waals surface area (Å²) in [5.74, 6) is 0.665. The van der Waals surface area contributed by atoms with E-state index in [1.165, 1.54) is 0 Å². The number of fused-ring (bicyclic) bond motifs is 1. The van der Waals surface area contributed by atoms with Gasteiger partial charge < -0.3 is 15.6 Å². The van der Waals surface area contributed by atoms with Crippen molar-refractivity contribution in [2.45, 2.75) is 12.1 Å². The van der Waals surface area contributed by atoms with E-state index in [4.69, 9.17) is 22.1 Å². The number of aliphatic hydroxyl groups excluding tert-OH is 1. The molecule has 0 spiro atoms. The maximum atomic E-state index is 9.69. The molecule has 0 aliphatic carbocycles. The molecule has 0 saturated heterocycles. The van der Waals surface area contributed by atoms with E-state index < -0.39 is 6.10 Å². The van der Waals surface area contributed by atoms with Crippen LogP contribution in [0.4, 0.5) is 0 Å². The summed E-state index contributed by atoms with van der Waals surface area (Å²) in [6.07, 6.45) is -0.678. The van der Waals surface area contributed by atoms with Gasteiger partial charge >= 0.3 is 0 Å². The number of benzene rings is 1. The van der Waals surface area contributed by atoms with Gasteiger partial charge in [0.05, 0.1) is 6.04 Å². The Kier molecular flexibility index (Phi) is 3.61. The molecule has 2 atom stereocenters. The second kappa shape index (κ2) is 4.36. The largest absolute Gasteiger partial charge is 0.491 e. The molecule has 0 amide bonds. The number of nitrogens with two attached hydrogens (primary N) is 1. The minimum atomic E-state index is -0.678. The predicted octanol–water partition coefficient (Wildman–Crippen LogP) is 1.51. The van der Waals surface area contributed by atoms with E-state index in [-0.39, 0.29) is 18.4 Å². The summed E-state index contributed by atoms with van der Waals surface area (Å²) in [6.45, 7) is 0.343. The highest BCUT2D eigenvalue weighted by molar-refractivity contribution is 6.30. The molecule has 0 saturated carbocycles. The van der Waals surface area contributed by atoms with E-state index in [1.807, 2.05) is 0 Å². The van der Waals surface area contributed by atoms with Crippen molar-refractivity contribution in [3.8, 4) is 5.75 Å². The molecule has 1 aromatic rings. The van der Waals surface area contributed by atoms with E-state index in [0.717, 1.165) is 0 Å². The second-order valence-corrected chi connectivity index (χ2v) is 3.54. The normalized spacial score (nSPS) is 24.5. The van der Waals surface area contributed by atoms with Gasteiger partial charge in [-0.1, -0.05) is 11.6 Å². The van der Waals surface area contributed by atoms with Crippen LogP contribution in [-0.4, -0.2) is 17.8 Å². The van der Waals surface area contributed by atoms with Crippen molar-refractivity contribution in [2.24, 2.45) is 5.73 Å². The Bertz CT molecular complexity index is 333. The maximum absolute atomic E-state index is 9.69. The van der Waals surface area contributed by atoms with Gasteiger partial charge in [0, 0.05) is 10.6 Å². The molecular weight excluding hydrogens is 225 g/mol. The minimum Gasteiger partial charge on any atom is -0.491 e. The molecular formula is C9H11Cl2NO2. The smallest absolute Gasteiger partial charge is 0.125 e.